The number of carbonyl (C=O) groups excluding carboxylic acids is 2. The third-order valence-electron chi connectivity index (χ3n) is 4.57. The Balaban J connectivity index is 1.63. The fourth-order valence-corrected chi connectivity index (χ4v) is 3.29. The lowest BCUT2D eigenvalue weighted by molar-refractivity contribution is -0.153. The van der Waals surface area contributed by atoms with Gasteiger partial charge in [-0.2, -0.15) is 0 Å². The van der Waals surface area contributed by atoms with Gasteiger partial charge in [-0.25, -0.2) is 0 Å². The van der Waals surface area contributed by atoms with Gasteiger partial charge in [-0.1, -0.05) is 17.7 Å². The average Bonchev–Trinajstić information content (AvgIpc) is 2.78. The molecule has 23 heavy (non-hydrogen) atoms. The first-order valence-corrected chi connectivity index (χ1v) is 7.95. The van der Waals surface area contributed by atoms with Gasteiger partial charge < -0.3 is 15.3 Å². The zero-order valence-corrected chi connectivity index (χ0v) is 13.1. The number of carboxylic acids is 1. The molecule has 3 unspecified atom stereocenters. The number of carbonyl (C=O) groups is 3. The van der Waals surface area contributed by atoms with E-state index in [0.29, 0.717) is 36.5 Å². The third kappa shape index (κ3) is 3.03. The number of nitrogens with one attached hydrogen (secondary N) is 1. The van der Waals surface area contributed by atoms with Gasteiger partial charge in [0.15, 0.2) is 0 Å². The van der Waals surface area contributed by atoms with Crippen LogP contribution in [0.15, 0.2) is 24.3 Å². The third-order valence-corrected chi connectivity index (χ3v) is 4.81. The van der Waals surface area contributed by atoms with Crippen molar-refractivity contribution in [2.24, 2.45) is 11.8 Å². The van der Waals surface area contributed by atoms with E-state index in [9.17, 15) is 14.4 Å². The summed E-state index contributed by atoms with van der Waals surface area (Å²) in [5.74, 6) is -2.63. The highest BCUT2D eigenvalue weighted by molar-refractivity contribution is 6.31. The normalized spacial score (nSPS) is 26.7. The lowest BCUT2D eigenvalue weighted by Crippen LogP contribution is -2.49. The van der Waals surface area contributed by atoms with E-state index in [4.69, 9.17) is 16.7 Å². The molecule has 3 rings (SSSR count). The molecule has 0 aromatic heterocycles. The first-order chi connectivity index (χ1) is 11.0. The van der Waals surface area contributed by atoms with Crippen LogP contribution in [0.1, 0.15) is 19.3 Å². The van der Waals surface area contributed by atoms with Crippen molar-refractivity contribution >= 4 is 35.1 Å². The van der Waals surface area contributed by atoms with Crippen LogP contribution in [0.3, 0.4) is 0 Å². The Hall–Kier alpha value is -2.08. The van der Waals surface area contributed by atoms with Crippen molar-refractivity contribution in [2.75, 3.05) is 11.4 Å². The highest BCUT2D eigenvalue weighted by atomic mass is 35.5. The minimum absolute atomic E-state index is 0.188. The maximum absolute atomic E-state index is 12.4. The van der Waals surface area contributed by atoms with Crippen LogP contribution in [0.5, 0.6) is 0 Å². The van der Waals surface area contributed by atoms with Crippen molar-refractivity contribution in [3.63, 3.8) is 0 Å². The molecule has 0 bridgehead atoms. The van der Waals surface area contributed by atoms with E-state index in [1.165, 1.54) is 0 Å². The molecule has 122 valence electrons. The highest BCUT2D eigenvalue weighted by Crippen LogP contribution is 2.35. The standard InChI is InChI=1S/C16H17ClN2O4/c17-9-2-1-3-10(8-9)19-7-6-13(15(19)21)18-14(20)11-4-5-12(11)16(22)23/h1-3,8,11-13H,4-7H2,(H,18,20)(H,22,23). The van der Waals surface area contributed by atoms with Crippen molar-refractivity contribution < 1.29 is 19.5 Å². The van der Waals surface area contributed by atoms with Crippen molar-refractivity contribution in [2.45, 2.75) is 25.3 Å². The maximum atomic E-state index is 12.4. The highest BCUT2D eigenvalue weighted by Gasteiger charge is 2.43. The van der Waals surface area contributed by atoms with E-state index in [2.05, 4.69) is 5.32 Å². The number of amides is 2. The van der Waals surface area contributed by atoms with Crippen LogP contribution in [0.25, 0.3) is 0 Å². The zero-order valence-electron chi connectivity index (χ0n) is 12.4. The van der Waals surface area contributed by atoms with Crippen LogP contribution in [-0.2, 0) is 14.4 Å². The second-order valence-corrected chi connectivity index (χ2v) is 6.38. The summed E-state index contributed by atoms with van der Waals surface area (Å²) in [5, 5.41) is 12.3. The monoisotopic (exact) mass is 336 g/mol. The van der Waals surface area contributed by atoms with Gasteiger partial charge in [0, 0.05) is 17.3 Å². The van der Waals surface area contributed by atoms with Gasteiger partial charge in [0.05, 0.1) is 11.8 Å². The van der Waals surface area contributed by atoms with Gasteiger partial charge in [-0.3, -0.25) is 14.4 Å². The number of benzene rings is 1. The molecule has 1 aromatic carbocycles. The number of anilines is 1. The van der Waals surface area contributed by atoms with E-state index in [0.717, 1.165) is 0 Å². The average molecular weight is 337 g/mol. The van der Waals surface area contributed by atoms with E-state index in [1.807, 2.05) is 0 Å². The molecule has 6 nitrogen and oxygen atoms in total. The molecule has 7 heteroatoms. The van der Waals surface area contributed by atoms with Crippen LogP contribution in [-0.4, -0.2) is 35.5 Å². The maximum Gasteiger partial charge on any atom is 0.307 e. The molecule has 3 atom stereocenters. The zero-order chi connectivity index (χ0) is 16.6. The fourth-order valence-electron chi connectivity index (χ4n) is 3.10. The summed E-state index contributed by atoms with van der Waals surface area (Å²) in [6.07, 6.45) is 1.57. The molecule has 1 saturated heterocycles. The summed E-state index contributed by atoms with van der Waals surface area (Å²) in [4.78, 5) is 37.2. The molecule has 2 amide bonds. The molecule has 2 N–H and O–H groups in total. The summed E-state index contributed by atoms with van der Waals surface area (Å²) in [7, 11) is 0. The van der Waals surface area contributed by atoms with Crippen molar-refractivity contribution in [3.05, 3.63) is 29.3 Å². The van der Waals surface area contributed by atoms with Crippen LogP contribution in [0.4, 0.5) is 5.69 Å². The quantitative estimate of drug-likeness (QED) is 0.875. The van der Waals surface area contributed by atoms with Crippen molar-refractivity contribution in [1.82, 2.24) is 5.32 Å². The summed E-state index contributed by atoms with van der Waals surface area (Å²) in [6.45, 7) is 0.497. The predicted molar refractivity (Wildman–Crippen MR) is 84.2 cm³/mol. The van der Waals surface area contributed by atoms with E-state index < -0.39 is 23.8 Å². The molecular weight excluding hydrogens is 320 g/mol. The number of nitrogens with zero attached hydrogens (tertiary/aromatic N) is 1. The second kappa shape index (κ2) is 6.20. The van der Waals surface area contributed by atoms with Crippen LogP contribution < -0.4 is 10.2 Å². The largest absolute Gasteiger partial charge is 0.481 e. The first-order valence-electron chi connectivity index (χ1n) is 7.57. The number of halogens is 1. The first kappa shape index (κ1) is 15.8. The predicted octanol–water partition coefficient (Wildman–Crippen LogP) is 1.67. The van der Waals surface area contributed by atoms with E-state index >= 15 is 0 Å². The molecule has 2 aliphatic rings. The summed E-state index contributed by atoms with van der Waals surface area (Å²) in [6, 6.07) is 6.39. The molecule has 2 fully saturated rings. The van der Waals surface area contributed by atoms with Gasteiger partial charge >= 0.3 is 5.97 Å². The molecule has 1 aliphatic carbocycles. The van der Waals surface area contributed by atoms with Gasteiger partial charge in [-0.05, 0) is 37.5 Å². The number of hydrogen-bond donors (Lipinski definition) is 2. The number of rotatable bonds is 4. The lowest BCUT2D eigenvalue weighted by atomic mass is 9.73. The Morgan fingerprint density at radius 2 is 1.96 bits per heavy atom. The Morgan fingerprint density at radius 1 is 1.22 bits per heavy atom. The van der Waals surface area contributed by atoms with E-state index in [-0.39, 0.29) is 11.8 Å². The number of hydrogen-bond acceptors (Lipinski definition) is 3. The molecule has 1 heterocycles. The van der Waals surface area contributed by atoms with Crippen molar-refractivity contribution in [3.8, 4) is 0 Å². The van der Waals surface area contributed by atoms with Crippen LogP contribution in [0, 0.1) is 11.8 Å². The summed E-state index contributed by atoms with van der Waals surface area (Å²) in [5.41, 5.74) is 0.700. The summed E-state index contributed by atoms with van der Waals surface area (Å²) >= 11 is 5.94. The minimum atomic E-state index is -0.949. The fraction of sp³-hybridized carbons (Fsp3) is 0.438. The Kier molecular flexibility index (Phi) is 4.26. The summed E-state index contributed by atoms with van der Waals surface area (Å²) < 4.78 is 0. The van der Waals surface area contributed by atoms with Gasteiger partial charge in [0.25, 0.3) is 0 Å². The molecule has 1 aromatic rings. The molecule has 1 saturated carbocycles. The lowest BCUT2D eigenvalue weighted by Gasteiger charge is -2.32. The van der Waals surface area contributed by atoms with Gasteiger partial charge in [0.2, 0.25) is 11.8 Å². The van der Waals surface area contributed by atoms with E-state index in [1.54, 1.807) is 29.2 Å². The Morgan fingerprint density at radius 3 is 2.57 bits per heavy atom. The molecule has 0 spiro atoms. The minimum Gasteiger partial charge on any atom is -0.481 e. The van der Waals surface area contributed by atoms with Crippen LogP contribution >= 0.6 is 11.6 Å². The van der Waals surface area contributed by atoms with Gasteiger partial charge in [0.1, 0.15) is 6.04 Å². The topological polar surface area (TPSA) is 86.7 Å². The Labute approximate surface area is 138 Å². The van der Waals surface area contributed by atoms with Gasteiger partial charge in [-0.15, -0.1) is 0 Å². The second-order valence-electron chi connectivity index (χ2n) is 5.95. The molecular formula is C16H17ClN2O4. The molecule has 0 radical (unpaired) electrons. The van der Waals surface area contributed by atoms with Crippen molar-refractivity contribution in [1.29, 1.82) is 0 Å². The number of carboxylic acid groups (broad SMARTS) is 1. The number of aliphatic carboxylic acids is 1. The Bertz CT molecular complexity index is 663. The SMILES string of the molecule is O=C(O)C1CCC1C(=O)NC1CCN(c2cccc(Cl)c2)C1=O. The molecule has 1 aliphatic heterocycles. The smallest absolute Gasteiger partial charge is 0.307 e. The van der Waals surface area contributed by atoms with Crippen LogP contribution in [0.2, 0.25) is 5.02 Å².